The van der Waals surface area contributed by atoms with Crippen LogP contribution >= 0.6 is 0 Å². The molecule has 1 heterocycles. The number of rotatable bonds is 4. The zero-order valence-corrected chi connectivity index (χ0v) is 11.9. The van der Waals surface area contributed by atoms with Crippen molar-refractivity contribution in [2.75, 3.05) is 18.6 Å². The molecule has 0 aromatic heterocycles. The molecular weight excluding hydrogens is 278 g/mol. The lowest BCUT2D eigenvalue weighted by molar-refractivity contribution is -0.393. The maximum atomic E-state index is 11.3. The maximum absolute atomic E-state index is 11.3. The Kier molecular flexibility index (Phi) is 4.25. The molecule has 1 saturated heterocycles. The van der Waals surface area contributed by atoms with E-state index in [2.05, 4.69) is 0 Å². The summed E-state index contributed by atoms with van der Waals surface area (Å²) in [4.78, 5) is 22.9. The monoisotopic (exact) mass is 295 g/mol. The van der Waals surface area contributed by atoms with Gasteiger partial charge < -0.3 is 9.64 Å². The van der Waals surface area contributed by atoms with Gasteiger partial charge in [0.15, 0.2) is 11.4 Å². The van der Waals surface area contributed by atoms with E-state index in [0.717, 1.165) is 25.3 Å². The van der Waals surface area contributed by atoms with Crippen molar-refractivity contribution < 1.29 is 14.6 Å². The number of nitrogens with zero attached hydrogens (tertiary/aromatic N) is 3. The molecule has 1 atom stereocenters. The van der Waals surface area contributed by atoms with E-state index < -0.39 is 9.85 Å². The van der Waals surface area contributed by atoms with Gasteiger partial charge in [-0.25, -0.2) is 0 Å². The molecular formula is C13H17N3O5. The first-order valence-electron chi connectivity index (χ1n) is 6.73. The summed E-state index contributed by atoms with van der Waals surface area (Å²) < 4.78 is 5.18. The van der Waals surface area contributed by atoms with Crippen LogP contribution in [-0.2, 0) is 0 Å². The van der Waals surface area contributed by atoms with Crippen LogP contribution in [0.5, 0.6) is 5.75 Å². The molecule has 8 heteroatoms. The second-order valence-corrected chi connectivity index (χ2v) is 5.07. The fraction of sp³-hybridized carbons (Fsp3) is 0.538. The van der Waals surface area contributed by atoms with Crippen molar-refractivity contribution in [2.24, 2.45) is 0 Å². The highest BCUT2D eigenvalue weighted by Gasteiger charge is 2.32. The van der Waals surface area contributed by atoms with E-state index in [1.54, 1.807) is 0 Å². The maximum Gasteiger partial charge on any atom is 0.303 e. The van der Waals surface area contributed by atoms with Crippen molar-refractivity contribution >= 4 is 17.1 Å². The number of benzene rings is 1. The lowest BCUT2D eigenvalue weighted by Gasteiger charge is -2.35. The first-order chi connectivity index (χ1) is 9.95. The minimum Gasteiger partial charge on any atom is -0.494 e. The number of hydrogen-bond acceptors (Lipinski definition) is 6. The molecule has 1 fully saturated rings. The Balaban J connectivity index is 2.61. The van der Waals surface area contributed by atoms with Gasteiger partial charge in [0.25, 0.3) is 5.69 Å². The summed E-state index contributed by atoms with van der Waals surface area (Å²) in [6.07, 6.45) is 2.93. The zero-order valence-electron chi connectivity index (χ0n) is 11.9. The van der Waals surface area contributed by atoms with Gasteiger partial charge in [-0.3, -0.25) is 20.2 Å². The Bertz CT molecular complexity index is 575. The van der Waals surface area contributed by atoms with E-state index >= 15 is 0 Å². The summed E-state index contributed by atoms with van der Waals surface area (Å²) in [5.74, 6) is 0.171. The number of nitro benzene ring substituents is 2. The minimum atomic E-state index is -0.654. The Labute approximate surface area is 121 Å². The van der Waals surface area contributed by atoms with Gasteiger partial charge in [-0.2, -0.15) is 0 Å². The van der Waals surface area contributed by atoms with E-state index in [1.807, 2.05) is 11.8 Å². The van der Waals surface area contributed by atoms with E-state index in [-0.39, 0.29) is 23.2 Å². The van der Waals surface area contributed by atoms with Crippen molar-refractivity contribution in [1.82, 2.24) is 0 Å². The van der Waals surface area contributed by atoms with Crippen LogP contribution in [0.3, 0.4) is 0 Å². The quantitative estimate of drug-likeness (QED) is 0.625. The molecule has 1 aliphatic heterocycles. The Morgan fingerprint density at radius 2 is 1.95 bits per heavy atom. The van der Waals surface area contributed by atoms with E-state index in [9.17, 15) is 20.2 Å². The van der Waals surface area contributed by atoms with Gasteiger partial charge in [0.1, 0.15) is 0 Å². The van der Waals surface area contributed by atoms with Gasteiger partial charge >= 0.3 is 5.69 Å². The van der Waals surface area contributed by atoms with Crippen LogP contribution in [0.25, 0.3) is 0 Å². The van der Waals surface area contributed by atoms with Crippen LogP contribution in [0.2, 0.25) is 0 Å². The lowest BCUT2D eigenvalue weighted by Crippen LogP contribution is -2.38. The van der Waals surface area contributed by atoms with Crippen molar-refractivity contribution in [3.63, 3.8) is 0 Å². The average Bonchev–Trinajstić information content (AvgIpc) is 2.46. The molecule has 1 aromatic rings. The molecule has 114 valence electrons. The van der Waals surface area contributed by atoms with Crippen LogP contribution in [0.15, 0.2) is 12.1 Å². The third kappa shape index (κ3) is 2.88. The predicted molar refractivity (Wildman–Crippen MR) is 77.0 cm³/mol. The molecule has 2 rings (SSSR count). The summed E-state index contributed by atoms with van der Waals surface area (Å²) in [5, 5.41) is 22.2. The summed E-state index contributed by atoms with van der Waals surface area (Å²) in [5.41, 5.74) is -0.290. The van der Waals surface area contributed by atoms with E-state index in [4.69, 9.17) is 4.74 Å². The van der Waals surface area contributed by atoms with Crippen LogP contribution in [0.1, 0.15) is 26.2 Å². The number of ether oxygens (including phenoxy) is 1. The Hall–Kier alpha value is -2.38. The van der Waals surface area contributed by atoms with Gasteiger partial charge in [-0.05, 0) is 26.2 Å². The first kappa shape index (κ1) is 15.0. The molecule has 1 aromatic carbocycles. The molecule has 8 nitrogen and oxygen atoms in total. The number of piperidine rings is 1. The van der Waals surface area contributed by atoms with Crippen molar-refractivity contribution in [3.05, 3.63) is 32.4 Å². The summed E-state index contributed by atoms with van der Waals surface area (Å²) >= 11 is 0. The van der Waals surface area contributed by atoms with Crippen LogP contribution in [0, 0.1) is 20.2 Å². The number of non-ortho nitro benzene ring substituents is 1. The third-order valence-electron chi connectivity index (χ3n) is 3.76. The van der Waals surface area contributed by atoms with Crippen LogP contribution in [0.4, 0.5) is 17.1 Å². The van der Waals surface area contributed by atoms with Gasteiger partial charge in [0, 0.05) is 12.6 Å². The van der Waals surface area contributed by atoms with Crippen molar-refractivity contribution in [2.45, 2.75) is 32.2 Å². The largest absolute Gasteiger partial charge is 0.494 e. The van der Waals surface area contributed by atoms with Crippen LogP contribution in [-0.4, -0.2) is 29.5 Å². The molecule has 21 heavy (non-hydrogen) atoms. The SMILES string of the molecule is COc1cc([N+](=O)[O-])cc([N+](=O)[O-])c1N1CCCC[C@@H]1C. The highest BCUT2D eigenvalue weighted by atomic mass is 16.6. The molecule has 1 aliphatic rings. The van der Waals surface area contributed by atoms with Crippen molar-refractivity contribution in [1.29, 1.82) is 0 Å². The van der Waals surface area contributed by atoms with Crippen molar-refractivity contribution in [3.8, 4) is 5.75 Å². The third-order valence-corrected chi connectivity index (χ3v) is 3.76. The smallest absolute Gasteiger partial charge is 0.303 e. The number of nitro groups is 2. The molecule has 0 saturated carbocycles. The summed E-state index contributed by atoms with van der Waals surface area (Å²) in [6.45, 7) is 2.67. The predicted octanol–water partition coefficient (Wildman–Crippen LogP) is 2.89. The molecule has 0 spiro atoms. The standard InChI is InChI=1S/C13H17N3O5/c1-9-5-3-4-6-14(9)13-11(16(19)20)7-10(15(17)18)8-12(13)21-2/h7-9H,3-6H2,1-2H3/t9-/m0/s1. The molecule has 0 amide bonds. The Morgan fingerprint density at radius 3 is 2.48 bits per heavy atom. The highest BCUT2D eigenvalue weighted by Crippen LogP contribution is 2.43. The highest BCUT2D eigenvalue weighted by molar-refractivity contribution is 5.75. The second-order valence-electron chi connectivity index (χ2n) is 5.07. The van der Waals surface area contributed by atoms with Gasteiger partial charge in [0.05, 0.1) is 29.1 Å². The van der Waals surface area contributed by atoms with Gasteiger partial charge in [0.2, 0.25) is 0 Å². The van der Waals surface area contributed by atoms with Crippen LogP contribution < -0.4 is 9.64 Å². The topological polar surface area (TPSA) is 98.8 Å². The Morgan fingerprint density at radius 1 is 1.24 bits per heavy atom. The fourth-order valence-electron chi connectivity index (χ4n) is 2.70. The van der Waals surface area contributed by atoms with Gasteiger partial charge in [-0.15, -0.1) is 0 Å². The fourth-order valence-corrected chi connectivity index (χ4v) is 2.70. The number of methoxy groups -OCH3 is 1. The van der Waals surface area contributed by atoms with E-state index in [0.29, 0.717) is 12.2 Å². The molecule has 0 aliphatic carbocycles. The number of hydrogen-bond donors (Lipinski definition) is 0. The van der Waals surface area contributed by atoms with Gasteiger partial charge in [-0.1, -0.05) is 0 Å². The molecule has 0 radical (unpaired) electrons. The van der Waals surface area contributed by atoms with E-state index in [1.165, 1.54) is 13.2 Å². The first-order valence-corrected chi connectivity index (χ1v) is 6.73. The molecule has 0 N–H and O–H groups in total. The lowest BCUT2D eigenvalue weighted by atomic mass is 10.0. The molecule has 0 unspecified atom stereocenters. The second kappa shape index (κ2) is 5.94. The zero-order chi connectivity index (χ0) is 15.6. The number of anilines is 1. The molecule has 0 bridgehead atoms. The average molecular weight is 295 g/mol. The minimum absolute atomic E-state index is 0.132. The summed E-state index contributed by atoms with van der Waals surface area (Å²) in [7, 11) is 1.36. The normalized spacial score (nSPS) is 18.4. The summed E-state index contributed by atoms with van der Waals surface area (Å²) in [6, 6.07) is 2.37.